The molecule has 2 rings (SSSR count). The Morgan fingerprint density at radius 1 is 1.42 bits per heavy atom. The third kappa shape index (κ3) is 4.31. The lowest BCUT2D eigenvalue weighted by Crippen LogP contribution is -2.36. The molecule has 0 aliphatic carbocycles. The van der Waals surface area contributed by atoms with E-state index in [-0.39, 0.29) is 5.91 Å². The number of nitrogens with one attached hydrogen (secondary N) is 1. The van der Waals surface area contributed by atoms with Crippen molar-refractivity contribution in [3.05, 3.63) is 29.8 Å². The van der Waals surface area contributed by atoms with Gasteiger partial charge in [-0.2, -0.15) is 0 Å². The molecule has 0 saturated carbocycles. The summed E-state index contributed by atoms with van der Waals surface area (Å²) in [6.07, 6.45) is 0. The van der Waals surface area contributed by atoms with Crippen molar-refractivity contribution in [2.24, 2.45) is 0 Å². The van der Waals surface area contributed by atoms with E-state index in [4.69, 9.17) is 4.74 Å². The van der Waals surface area contributed by atoms with Gasteiger partial charge in [0.1, 0.15) is 0 Å². The zero-order chi connectivity index (χ0) is 13.5. The number of ether oxygens (including phenoxy) is 1. The first kappa shape index (κ1) is 13.4. The Morgan fingerprint density at radius 2 is 2.21 bits per heavy atom. The quantitative estimate of drug-likeness (QED) is 0.805. The number of rotatable bonds is 2. The lowest BCUT2D eigenvalue weighted by atomic mass is 10.2. The predicted molar refractivity (Wildman–Crippen MR) is 75.0 cm³/mol. The van der Waals surface area contributed by atoms with Crippen molar-refractivity contribution in [1.29, 1.82) is 0 Å². The lowest BCUT2D eigenvalue weighted by Gasteiger charge is -2.28. The molecular formula is C15H18N2O2. The van der Waals surface area contributed by atoms with Crippen LogP contribution in [0.2, 0.25) is 0 Å². The SMILES string of the molecule is CC(=O)NCC#Cc1cccc(N2CCOCC2)c1. The highest BCUT2D eigenvalue weighted by Crippen LogP contribution is 2.16. The predicted octanol–water partition coefficient (Wildman–Crippen LogP) is 1.01. The van der Waals surface area contributed by atoms with E-state index in [1.165, 1.54) is 12.6 Å². The number of morpholine rings is 1. The van der Waals surface area contributed by atoms with Crippen LogP contribution in [0.1, 0.15) is 12.5 Å². The summed E-state index contributed by atoms with van der Waals surface area (Å²) in [7, 11) is 0. The molecule has 19 heavy (non-hydrogen) atoms. The molecule has 1 aliphatic rings. The maximum absolute atomic E-state index is 10.7. The van der Waals surface area contributed by atoms with Gasteiger partial charge in [0.25, 0.3) is 0 Å². The summed E-state index contributed by atoms with van der Waals surface area (Å²) in [4.78, 5) is 13.0. The summed E-state index contributed by atoms with van der Waals surface area (Å²) < 4.78 is 5.34. The lowest BCUT2D eigenvalue weighted by molar-refractivity contribution is -0.118. The Balaban J connectivity index is 2.00. The summed E-state index contributed by atoms with van der Waals surface area (Å²) in [5.41, 5.74) is 2.14. The fourth-order valence-corrected chi connectivity index (χ4v) is 1.92. The Labute approximate surface area is 113 Å². The number of carbonyl (C=O) groups excluding carboxylic acids is 1. The summed E-state index contributed by atoms with van der Waals surface area (Å²) in [6, 6.07) is 8.15. The molecule has 4 nitrogen and oxygen atoms in total. The van der Waals surface area contributed by atoms with Crippen LogP contribution in [0.5, 0.6) is 0 Å². The normalized spacial score (nSPS) is 14.5. The van der Waals surface area contributed by atoms with Gasteiger partial charge in [-0.25, -0.2) is 0 Å². The summed E-state index contributed by atoms with van der Waals surface area (Å²) in [5.74, 6) is 5.94. The molecule has 1 saturated heterocycles. The van der Waals surface area contributed by atoms with Crippen molar-refractivity contribution in [2.45, 2.75) is 6.92 Å². The molecule has 1 aromatic rings. The number of benzene rings is 1. The molecule has 1 fully saturated rings. The second-order valence-corrected chi connectivity index (χ2v) is 4.36. The fourth-order valence-electron chi connectivity index (χ4n) is 1.92. The molecule has 1 aromatic carbocycles. The van der Waals surface area contributed by atoms with Gasteiger partial charge in [0, 0.05) is 31.3 Å². The van der Waals surface area contributed by atoms with E-state index in [9.17, 15) is 4.79 Å². The molecule has 0 atom stereocenters. The first-order chi connectivity index (χ1) is 9.25. The van der Waals surface area contributed by atoms with Crippen LogP contribution in [0.15, 0.2) is 24.3 Å². The molecule has 0 bridgehead atoms. The minimum absolute atomic E-state index is 0.0589. The number of carbonyl (C=O) groups is 1. The van der Waals surface area contributed by atoms with Crippen LogP contribution >= 0.6 is 0 Å². The Hall–Kier alpha value is -1.99. The molecule has 0 aromatic heterocycles. The van der Waals surface area contributed by atoms with Crippen molar-refractivity contribution in [2.75, 3.05) is 37.7 Å². The number of anilines is 1. The van der Waals surface area contributed by atoms with E-state index >= 15 is 0 Å². The van der Waals surface area contributed by atoms with Gasteiger partial charge in [-0.3, -0.25) is 4.79 Å². The van der Waals surface area contributed by atoms with Gasteiger partial charge in [-0.15, -0.1) is 0 Å². The highest BCUT2D eigenvalue weighted by molar-refractivity contribution is 5.73. The van der Waals surface area contributed by atoms with Crippen LogP contribution in [0.4, 0.5) is 5.69 Å². The smallest absolute Gasteiger partial charge is 0.217 e. The van der Waals surface area contributed by atoms with Gasteiger partial charge in [-0.05, 0) is 18.2 Å². The summed E-state index contributed by atoms with van der Waals surface area (Å²) >= 11 is 0. The third-order valence-corrected chi connectivity index (χ3v) is 2.88. The molecular weight excluding hydrogens is 240 g/mol. The van der Waals surface area contributed by atoms with Crippen molar-refractivity contribution < 1.29 is 9.53 Å². The Kier molecular flexibility index (Phi) is 4.82. The maximum Gasteiger partial charge on any atom is 0.217 e. The van der Waals surface area contributed by atoms with Gasteiger partial charge in [0.2, 0.25) is 5.91 Å². The van der Waals surface area contributed by atoms with Crippen LogP contribution in [0.3, 0.4) is 0 Å². The van der Waals surface area contributed by atoms with Gasteiger partial charge < -0.3 is 15.0 Å². The molecule has 100 valence electrons. The first-order valence-electron chi connectivity index (χ1n) is 6.42. The Bertz CT molecular complexity index is 496. The largest absolute Gasteiger partial charge is 0.378 e. The van der Waals surface area contributed by atoms with E-state index in [2.05, 4.69) is 34.2 Å². The molecule has 1 amide bonds. The maximum atomic E-state index is 10.7. The second kappa shape index (κ2) is 6.81. The summed E-state index contributed by atoms with van der Waals surface area (Å²) in [6.45, 7) is 5.26. The van der Waals surface area contributed by atoms with Crippen molar-refractivity contribution in [3.8, 4) is 11.8 Å². The van der Waals surface area contributed by atoms with E-state index in [0.717, 1.165) is 31.9 Å². The van der Waals surface area contributed by atoms with Gasteiger partial charge in [0.05, 0.1) is 19.8 Å². The van der Waals surface area contributed by atoms with Crippen LogP contribution in [0, 0.1) is 11.8 Å². The van der Waals surface area contributed by atoms with E-state index < -0.39 is 0 Å². The number of nitrogens with zero attached hydrogens (tertiary/aromatic N) is 1. The fraction of sp³-hybridized carbons (Fsp3) is 0.400. The minimum atomic E-state index is -0.0589. The molecule has 4 heteroatoms. The van der Waals surface area contributed by atoms with Crippen LogP contribution in [-0.4, -0.2) is 38.8 Å². The second-order valence-electron chi connectivity index (χ2n) is 4.36. The average Bonchev–Trinajstić information content (AvgIpc) is 2.45. The van der Waals surface area contributed by atoms with Crippen molar-refractivity contribution in [1.82, 2.24) is 5.32 Å². The molecule has 1 heterocycles. The van der Waals surface area contributed by atoms with E-state index in [1.54, 1.807) is 0 Å². The number of amides is 1. The molecule has 1 N–H and O–H groups in total. The molecule has 1 aliphatic heterocycles. The minimum Gasteiger partial charge on any atom is -0.378 e. The number of hydrogen-bond acceptors (Lipinski definition) is 3. The average molecular weight is 258 g/mol. The standard InChI is InChI=1S/C15H18N2O2/c1-13(18)16-7-3-5-14-4-2-6-15(12-14)17-8-10-19-11-9-17/h2,4,6,12H,7-11H2,1H3,(H,16,18). The molecule has 0 radical (unpaired) electrons. The molecule has 0 spiro atoms. The first-order valence-corrected chi connectivity index (χ1v) is 6.42. The van der Waals surface area contributed by atoms with Crippen molar-refractivity contribution in [3.63, 3.8) is 0 Å². The van der Waals surface area contributed by atoms with Crippen LogP contribution < -0.4 is 10.2 Å². The number of hydrogen-bond donors (Lipinski definition) is 1. The van der Waals surface area contributed by atoms with Gasteiger partial charge in [-0.1, -0.05) is 17.9 Å². The zero-order valence-corrected chi connectivity index (χ0v) is 11.1. The topological polar surface area (TPSA) is 41.6 Å². The van der Waals surface area contributed by atoms with Crippen LogP contribution in [0.25, 0.3) is 0 Å². The zero-order valence-electron chi connectivity index (χ0n) is 11.1. The summed E-state index contributed by atoms with van der Waals surface area (Å²) in [5, 5.41) is 2.65. The molecule has 0 unspecified atom stereocenters. The highest BCUT2D eigenvalue weighted by atomic mass is 16.5. The van der Waals surface area contributed by atoms with E-state index in [1.807, 2.05) is 12.1 Å². The third-order valence-electron chi connectivity index (χ3n) is 2.88. The highest BCUT2D eigenvalue weighted by Gasteiger charge is 2.10. The Morgan fingerprint density at radius 3 is 2.95 bits per heavy atom. The van der Waals surface area contributed by atoms with Gasteiger partial charge >= 0.3 is 0 Å². The van der Waals surface area contributed by atoms with E-state index in [0.29, 0.717) is 6.54 Å². The van der Waals surface area contributed by atoms with Crippen LogP contribution in [-0.2, 0) is 9.53 Å². The van der Waals surface area contributed by atoms with Gasteiger partial charge in [0.15, 0.2) is 0 Å². The van der Waals surface area contributed by atoms with Crippen molar-refractivity contribution >= 4 is 11.6 Å². The monoisotopic (exact) mass is 258 g/mol.